The van der Waals surface area contributed by atoms with Gasteiger partial charge in [-0.05, 0) is 38.5 Å². The van der Waals surface area contributed by atoms with Gasteiger partial charge in [-0.2, -0.15) is 0 Å². The molecule has 222 valence electrons. The summed E-state index contributed by atoms with van der Waals surface area (Å²) in [5.74, 6) is -1.95. The summed E-state index contributed by atoms with van der Waals surface area (Å²) in [7, 11) is -3.81. The van der Waals surface area contributed by atoms with Crippen LogP contribution in [0.15, 0.2) is 53.7 Å². The molecule has 1 saturated heterocycles. The second kappa shape index (κ2) is 11.7. The number of amides is 1. The summed E-state index contributed by atoms with van der Waals surface area (Å²) >= 11 is 0. The van der Waals surface area contributed by atoms with E-state index in [1.165, 1.54) is 12.1 Å². The molecule has 3 atom stereocenters. The summed E-state index contributed by atoms with van der Waals surface area (Å²) in [4.78, 5) is 26.4. The van der Waals surface area contributed by atoms with Crippen molar-refractivity contribution >= 4 is 44.0 Å². The number of aromatic nitrogens is 3. The van der Waals surface area contributed by atoms with Crippen LogP contribution in [0.4, 0.5) is 26.1 Å². The first-order valence-electron chi connectivity index (χ1n) is 13.7. The van der Waals surface area contributed by atoms with Crippen LogP contribution in [0.5, 0.6) is 0 Å². The standard InChI is InChI=1S/C29H33F2N7O3S/c1-5-23(38-14-16(2)34-17(3)15-38)28(39)35-22-10-6-8-18-19(12-32-27(18)22)26-20(30)13-33-29(37-26)36-21-9-7-11-24(25(21)31)42(4,40)41/h6-13,16-17,23,32,34H,5,14-15H2,1-4H3,(H,35,39)(H,33,36,37)/t16-,17?,23?/m1/s1. The number of hydrogen-bond donors (Lipinski definition) is 4. The van der Waals surface area contributed by atoms with E-state index in [9.17, 15) is 17.6 Å². The Morgan fingerprint density at radius 3 is 2.50 bits per heavy atom. The number of rotatable bonds is 8. The summed E-state index contributed by atoms with van der Waals surface area (Å²) in [6.07, 6.45) is 4.09. The minimum absolute atomic E-state index is 0.0582. The third-order valence-corrected chi connectivity index (χ3v) is 8.41. The molecular formula is C29H33F2N7O3S. The maximum atomic E-state index is 15.0. The highest BCUT2D eigenvalue weighted by atomic mass is 32.2. The lowest BCUT2D eigenvalue weighted by atomic mass is 10.1. The first kappa shape index (κ1) is 29.5. The van der Waals surface area contributed by atoms with Gasteiger partial charge in [0.2, 0.25) is 11.9 Å². The molecule has 0 saturated carbocycles. The third-order valence-electron chi connectivity index (χ3n) is 7.30. The summed E-state index contributed by atoms with van der Waals surface area (Å²) in [5.41, 5.74) is 1.32. The van der Waals surface area contributed by atoms with Gasteiger partial charge < -0.3 is 20.9 Å². The van der Waals surface area contributed by atoms with E-state index in [-0.39, 0.29) is 41.4 Å². The number of benzene rings is 2. The van der Waals surface area contributed by atoms with Gasteiger partial charge in [-0.25, -0.2) is 27.2 Å². The van der Waals surface area contributed by atoms with Gasteiger partial charge in [0.1, 0.15) is 10.6 Å². The molecule has 4 N–H and O–H groups in total. The molecule has 2 unspecified atom stereocenters. The van der Waals surface area contributed by atoms with Crippen molar-refractivity contribution in [1.82, 2.24) is 25.2 Å². The van der Waals surface area contributed by atoms with E-state index in [2.05, 4.69) is 49.6 Å². The van der Waals surface area contributed by atoms with Crippen LogP contribution in [0.3, 0.4) is 0 Å². The molecule has 3 heterocycles. The van der Waals surface area contributed by atoms with Crippen molar-refractivity contribution in [3.05, 3.63) is 60.4 Å². The van der Waals surface area contributed by atoms with E-state index in [0.717, 1.165) is 31.6 Å². The van der Waals surface area contributed by atoms with E-state index in [1.807, 2.05) is 6.92 Å². The minimum Gasteiger partial charge on any atom is -0.359 e. The van der Waals surface area contributed by atoms with Crippen molar-refractivity contribution in [2.75, 3.05) is 30.0 Å². The number of anilines is 3. The topological polar surface area (TPSA) is 132 Å². The van der Waals surface area contributed by atoms with E-state index in [4.69, 9.17) is 0 Å². The third kappa shape index (κ3) is 5.98. The van der Waals surface area contributed by atoms with Gasteiger partial charge in [0.05, 0.1) is 29.1 Å². The number of halogens is 2. The number of hydrogen-bond acceptors (Lipinski definition) is 8. The van der Waals surface area contributed by atoms with Crippen LogP contribution in [0.2, 0.25) is 0 Å². The van der Waals surface area contributed by atoms with Gasteiger partial charge in [0, 0.05) is 48.6 Å². The molecule has 0 aliphatic carbocycles. The van der Waals surface area contributed by atoms with Gasteiger partial charge in [-0.3, -0.25) is 9.69 Å². The molecule has 0 bridgehead atoms. The Labute approximate surface area is 242 Å². The van der Waals surface area contributed by atoms with Crippen LogP contribution in [0.1, 0.15) is 27.2 Å². The second-order valence-electron chi connectivity index (χ2n) is 10.7. The summed E-state index contributed by atoms with van der Waals surface area (Å²) in [5, 5.41) is 9.80. The molecule has 1 fully saturated rings. The number of carbonyl (C=O) groups excluding carboxylic acids is 1. The second-order valence-corrected chi connectivity index (χ2v) is 12.7. The van der Waals surface area contributed by atoms with Gasteiger partial charge in [0.15, 0.2) is 21.5 Å². The predicted molar refractivity (Wildman–Crippen MR) is 158 cm³/mol. The van der Waals surface area contributed by atoms with Gasteiger partial charge in [-0.1, -0.05) is 25.1 Å². The molecule has 0 spiro atoms. The number of fused-ring (bicyclic) bond motifs is 1. The van der Waals surface area contributed by atoms with E-state index in [0.29, 0.717) is 28.6 Å². The number of carbonyl (C=O) groups is 1. The maximum absolute atomic E-state index is 15.0. The number of aromatic amines is 1. The molecule has 1 aliphatic rings. The lowest BCUT2D eigenvalue weighted by Crippen LogP contribution is -2.59. The Bertz CT molecular complexity index is 1730. The Kier molecular flexibility index (Phi) is 8.26. The monoisotopic (exact) mass is 597 g/mol. The molecule has 13 heteroatoms. The molecule has 2 aromatic carbocycles. The molecule has 0 radical (unpaired) electrons. The fourth-order valence-electron chi connectivity index (χ4n) is 5.53. The maximum Gasteiger partial charge on any atom is 0.241 e. The zero-order chi connectivity index (χ0) is 30.2. The summed E-state index contributed by atoms with van der Waals surface area (Å²) in [6, 6.07) is 9.42. The fraction of sp³-hybridized carbons (Fsp3) is 0.345. The van der Waals surface area contributed by atoms with Crippen molar-refractivity contribution < 1.29 is 22.0 Å². The van der Waals surface area contributed by atoms with Gasteiger partial charge in [-0.15, -0.1) is 0 Å². The van der Waals surface area contributed by atoms with E-state index in [1.54, 1.807) is 24.4 Å². The van der Waals surface area contributed by atoms with Crippen LogP contribution in [0.25, 0.3) is 22.2 Å². The zero-order valence-corrected chi connectivity index (χ0v) is 24.5. The number of sulfone groups is 1. The number of H-pyrrole nitrogens is 1. The van der Waals surface area contributed by atoms with Crippen molar-refractivity contribution in [2.45, 2.75) is 50.2 Å². The highest BCUT2D eigenvalue weighted by Crippen LogP contribution is 2.34. The minimum atomic E-state index is -3.81. The SMILES string of the molecule is CCC(C(=O)Nc1cccc2c(-c3nc(Nc4cccc(S(C)(=O)=O)c4F)ncc3F)c[nH]c12)N1CC(C)N[C@H](C)C1. The normalized spacial score (nSPS) is 18.6. The fourth-order valence-corrected chi connectivity index (χ4v) is 6.30. The first-order chi connectivity index (χ1) is 20.0. The van der Waals surface area contributed by atoms with Crippen LogP contribution in [-0.2, 0) is 14.6 Å². The lowest BCUT2D eigenvalue weighted by molar-refractivity contribution is -0.122. The quantitative estimate of drug-likeness (QED) is 0.234. The average Bonchev–Trinajstić information content (AvgIpc) is 3.35. The molecule has 1 amide bonds. The highest BCUT2D eigenvalue weighted by Gasteiger charge is 2.30. The highest BCUT2D eigenvalue weighted by molar-refractivity contribution is 7.90. The Balaban J connectivity index is 1.43. The van der Waals surface area contributed by atoms with E-state index < -0.39 is 26.4 Å². The Morgan fingerprint density at radius 1 is 1.12 bits per heavy atom. The van der Waals surface area contributed by atoms with Crippen molar-refractivity contribution in [3.63, 3.8) is 0 Å². The number of nitrogens with one attached hydrogen (secondary N) is 4. The molecule has 5 rings (SSSR count). The largest absolute Gasteiger partial charge is 0.359 e. The Morgan fingerprint density at radius 2 is 1.81 bits per heavy atom. The smallest absolute Gasteiger partial charge is 0.241 e. The molecular weight excluding hydrogens is 564 g/mol. The van der Waals surface area contributed by atoms with Crippen molar-refractivity contribution in [3.8, 4) is 11.3 Å². The van der Waals surface area contributed by atoms with Crippen LogP contribution < -0.4 is 16.0 Å². The van der Waals surface area contributed by atoms with Gasteiger partial charge >= 0.3 is 0 Å². The predicted octanol–water partition coefficient (Wildman–Crippen LogP) is 4.45. The van der Waals surface area contributed by atoms with Crippen LogP contribution in [0, 0.1) is 11.6 Å². The number of nitrogens with zero attached hydrogens (tertiary/aromatic N) is 3. The van der Waals surface area contributed by atoms with Gasteiger partial charge in [0.25, 0.3) is 0 Å². The number of para-hydroxylation sites is 1. The van der Waals surface area contributed by atoms with E-state index >= 15 is 4.39 Å². The molecule has 1 aliphatic heterocycles. The zero-order valence-electron chi connectivity index (χ0n) is 23.7. The first-order valence-corrected chi connectivity index (χ1v) is 15.5. The Hall–Kier alpha value is -3.94. The number of piperazine rings is 1. The lowest BCUT2D eigenvalue weighted by Gasteiger charge is -2.40. The average molecular weight is 598 g/mol. The summed E-state index contributed by atoms with van der Waals surface area (Å²) < 4.78 is 53.7. The molecule has 42 heavy (non-hydrogen) atoms. The summed E-state index contributed by atoms with van der Waals surface area (Å²) in [6.45, 7) is 7.72. The molecule has 10 nitrogen and oxygen atoms in total. The molecule has 4 aromatic rings. The van der Waals surface area contributed by atoms with Crippen molar-refractivity contribution in [1.29, 1.82) is 0 Å². The molecule has 2 aromatic heterocycles. The van der Waals surface area contributed by atoms with Crippen LogP contribution >= 0.6 is 0 Å². The van der Waals surface area contributed by atoms with Crippen molar-refractivity contribution in [2.24, 2.45) is 0 Å². The van der Waals surface area contributed by atoms with Crippen LogP contribution in [-0.4, -0.2) is 71.6 Å².